The number of carbonyl (C=O) groups excluding carboxylic acids is 1. The van der Waals surface area contributed by atoms with E-state index >= 15 is 0 Å². The molecule has 6 nitrogen and oxygen atoms in total. The summed E-state index contributed by atoms with van der Waals surface area (Å²) in [7, 11) is -3.31. The first-order valence-electron chi connectivity index (χ1n) is 9.17. The van der Waals surface area contributed by atoms with Crippen LogP contribution < -0.4 is 10.0 Å². The van der Waals surface area contributed by atoms with Crippen molar-refractivity contribution in [2.75, 3.05) is 16.3 Å². The summed E-state index contributed by atoms with van der Waals surface area (Å²) in [5, 5.41) is 3.64. The number of aryl methyl sites for hydroxylation is 2. The van der Waals surface area contributed by atoms with E-state index in [1.807, 2.05) is 43.3 Å². The molecule has 0 unspecified atom stereocenters. The van der Waals surface area contributed by atoms with Crippen LogP contribution in [0.3, 0.4) is 0 Å². The molecular weight excluding hydrogens is 406 g/mol. The Hall–Kier alpha value is -2.71. The molecule has 8 heteroatoms. The lowest BCUT2D eigenvalue weighted by Gasteiger charge is -2.05. The van der Waals surface area contributed by atoms with Crippen molar-refractivity contribution in [3.05, 3.63) is 64.0 Å². The van der Waals surface area contributed by atoms with Gasteiger partial charge in [0.05, 0.1) is 18.4 Å². The highest BCUT2D eigenvalue weighted by Gasteiger charge is 2.13. The lowest BCUT2D eigenvalue weighted by molar-refractivity contribution is -0.115. The van der Waals surface area contributed by atoms with Gasteiger partial charge in [0.2, 0.25) is 15.9 Å². The first kappa shape index (κ1) is 21.0. The fraction of sp³-hybridized carbons (Fsp3) is 0.238. The van der Waals surface area contributed by atoms with Crippen molar-refractivity contribution in [1.82, 2.24) is 4.98 Å². The molecule has 1 aromatic heterocycles. The average Bonchev–Trinajstić information content (AvgIpc) is 3.01. The maximum Gasteiger partial charge on any atom is 0.231 e. The van der Waals surface area contributed by atoms with Crippen LogP contribution in [0.1, 0.15) is 22.4 Å². The van der Waals surface area contributed by atoms with E-state index in [9.17, 15) is 13.2 Å². The lowest BCUT2D eigenvalue weighted by atomic mass is 10.1. The third kappa shape index (κ3) is 5.88. The number of amides is 1. The van der Waals surface area contributed by atoms with Crippen LogP contribution in [0.25, 0.3) is 11.3 Å². The molecule has 2 N–H and O–H groups in total. The summed E-state index contributed by atoms with van der Waals surface area (Å²) >= 11 is 1.48. The Balaban J connectivity index is 1.68. The SMILES string of the molecule is CCc1ccc(NC(=O)Cc2nc(-c3ccc(NS(C)(=O)=O)cc3)c(C)s2)cc1. The molecule has 0 aliphatic carbocycles. The topological polar surface area (TPSA) is 88.2 Å². The first-order valence-corrected chi connectivity index (χ1v) is 11.9. The monoisotopic (exact) mass is 429 g/mol. The second kappa shape index (κ2) is 8.75. The Morgan fingerprint density at radius 1 is 1.03 bits per heavy atom. The molecule has 3 aromatic rings. The number of aromatic nitrogens is 1. The van der Waals surface area contributed by atoms with Crippen LogP contribution >= 0.6 is 11.3 Å². The number of nitrogens with zero attached hydrogens (tertiary/aromatic N) is 1. The first-order chi connectivity index (χ1) is 13.7. The molecule has 1 amide bonds. The number of sulfonamides is 1. The fourth-order valence-electron chi connectivity index (χ4n) is 2.87. The van der Waals surface area contributed by atoms with Gasteiger partial charge < -0.3 is 5.32 Å². The zero-order chi connectivity index (χ0) is 21.0. The average molecular weight is 430 g/mol. The van der Waals surface area contributed by atoms with E-state index in [1.165, 1.54) is 16.9 Å². The van der Waals surface area contributed by atoms with Crippen molar-refractivity contribution >= 4 is 38.6 Å². The summed E-state index contributed by atoms with van der Waals surface area (Å²) in [6, 6.07) is 14.8. The molecule has 2 aromatic carbocycles. The third-order valence-electron chi connectivity index (χ3n) is 4.26. The molecule has 0 aliphatic heterocycles. The lowest BCUT2D eigenvalue weighted by Crippen LogP contribution is -2.14. The highest BCUT2D eigenvalue weighted by molar-refractivity contribution is 7.92. The smallest absolute Gasteiger partial charge is 0.231 e. The van der Waals surface area contributed by atoms with E-state index in [0.29, 0.717) is 5.69 Å². The van der Waals surface area contributed by atoms with Gasteiger partial charge in [-0.1, -0.05) is 31.2 Å². The van der Waals surface area contributed by atoms with Crippen LogP contribution in [0.15, 0.2) is 48.5 Å². The van der Waals surface area contributed by atoms with Crippen LogP contribution in [0.2, 0.25) is 0 Å². The molecule has 0 aliphatic rings. The van der Waals surface area contributed by atoms with E-state index in [2.05, 4.69) is 21.9 Å². The van der Waals surface area contributed by atoms with Crippen molar-refractivity contribution < 1.29 is 13.2 Å². The highest BCUT2D eigenvalue weighted by atomic mass is 32.2. The molecule has 0 radical (unpaired) electrons. The molecular formula is C21H23N3O3S2. The number of hydrogen-bond acceptors (Lipinski definition) is 5. The second-order valence-corrected chi connectivity index (χ2v) is 9.78. The van der Waals surface area contributed by atoms with E-state index < -0.39 is 10.0 Å². The van der Waals surface area contributed by atoms with Crippen LogP contribution in [-0.4, -0.2) is 25.6 Å². The minimum absolute atomic E-state index is 0.109. The summed E-state index contributed by atoms with van der Waals surface area (Å²) in [4.78, 5) is 18.0. The normalized spacial score (nSPS) is 11.3. The van der Waals surface area contributed by atoms with Crippen molar-refractivity contribution in [2.24, 2.45) is 0 Å². The van der Waals surface area contributed by atoms with Crippen molar-refractivity contribution in [1.29, 1.82) is 0 Å². The predicted octanol–water partition coefficient (Wildman–Crippen LogP) is 4.23. The fourth-order valence-corrected chi connectivity index (χ4v) is 4.39. The molecule has 0 spiro atoms. The summed E-state index contributed by atoms with van der Waals surface area (Å²) in [6.07, 6.45) is 2.27. The maximum atomic E-state index is 12.4. The molecule has 152 valence electrons. The largest absolute Gasteiger partial charge is 0.326 e. The molecule has 1 heterocycles. The number of carbonyl (C=O) groups is 1. The Morgan fingerprint density at radius 3 is 2.24 bits per heavy atom. The Labute approximate surface area is 175 Å². The van der Waals surface area contributed by atoms with Crippen molar-refractivity contribution in [3.63, 3.8) is 0 Å². The molecule has 0 saturated carbocycles. The van der Waals surface area contributed by atoms with Crippen LogP contribution in [0, 0.1) is 6.92 Å². The second-order valence-electron chi connectivity index (χ2n) is 6.74. The van der Waals surface area contributed by atoms with Crippen LogP contribution in [-0.2, 0) is 27.7 Å². The molecule has 0 atom stereocenters. The van der Waals surface area contributed by atoms with E-state index in [-0.39, 0.29) is 12.3 Å². The van der Waals surface area contributed by atoms with E-state index in [1.54, 1.807) is 12.1 Å². The van der Waals surface area contributed by atoms with Crippen molar-refractivity contribution in [3.8, 4) is 11.3 Å². The maximum absolute atomic E-state index is 12.4. The number of thiazole rings is 1. The van der Waals surface area contributed by atoms with Gasteiger partial charge in [-0.3, -0.25) is 9.52 Å². The quantitative estimate of drug-likeness (QED) is 0.588. The van der Waals surface area contributed by atoms with Gasteiger partial charge in [-0.05, 0) is 43.2 Å². The van der Waals surface area contributed by atoms with Gasteiger partial charge in [-0.2, -0.15) is 0 Å². The van der Waals surface area contributed by atoms with Gasteiger partial charge in [0.1, 0.15) is 5.01 Å². The standard InChI is InChI=1S/C21H23N3O3S2/c1-4-15-5-9-17(10-6-15)22-19(25)13-20-23-21(14(2)28-20)16-7-11-18(12-8-16)24-29(3,26)27/h5-12,24H,4,13H2,1-3H3,(H,22,25). The molecule has 3 rings (SSSR count). The number of hydrogen-bond donors (Lipinski definition) is 2. The van der Waals surface area contributed by atoms with Crippen LogP contribution in [0.5, 0.6) is 0 Å². The van der Waals surface area contributed by atoms with Gasteiger partial charge in [0.15, 0.2) is 0 Å². The Morgan fingerprint density at radius 2 is 1.66 bits per heavy atom. The van der Waals surface area contributed by atoms with Gasteiger partial charge in [0.25, 0.3) is 0 Å². The Kier molecular flexibility index (Phi) is 6.34. The highest BCUT2D eigenvalue weighted by Crippen LogP contribution is 2.29. The minimum atomic E-state index is -3.31. The van der Waals surface area contributed by atoms with Gasteiger partial charge >= 0.3 is 0 Å². The number of anilines is 2. The predicted molar refractivity (Wildman–Crippen MR) is 119 cm³/mol. The number of benzene rings is 2. The summed E-state index contributed by atoms with van der Waals surface area (Å²) in [6.45, 7) is 4.05. The molecule has 29 heavy (non-hydrogen) atoms. The molecule has 0 bridgehead atoms. The van der Waals surface area contributed by atoms with Crippen molar-refractivity contribution in [2.45, 2.75) is 26.7 Å². The zero-order valence-corrected chi connectivity index (χ0v) is 18.2. The molecule has 0 fully saturated rings. The summed E-state index contributed by atoms with van der Waals surface area (Å²) in [5.74, 6) is -0.109. The van der Waals surface area contributed by atoms with Gasteiger partial charge in [-0.25, -0.2) is 13.4 Å². The molecule has 0 saturated heterocycles. The van der Waals surface area contributed by atoms with E-state index in [0.717, 1.165) is 39.5 Å². The summed E-state index contributed by atoms with van der Waals surface area (Å²) < 4.78 is 25.1. The third-order valence-corrected chi connectivity index (χ3v) is 5.84. The van der Waals surface area contributed by atoms with Gasteiger partial charge in [-0.15, -0.1) is 11.3 Å². The summed E-state index contributed by atoms with van der Waals surface area (Å²) in [5.41, 5.74) is 4.17. The van der Waals surface area contributed by atoms with Gasteiger partial charge in [0, 0.05) is 21.8 Å². The van der Waals surface area contributed by atoms with Crippen LogP contribution in [0.4, 0.5) is 11.4 Å². The zero-order valence-electron chi connectivity index (χ0n) is 16.5. The Bertz CT molecular complexity index is 1100. The van der Waals surface area contributed by atoms with E-state index in [4.69, 9.17) is 0 Å². The number of nitrogens with one attached hydrogen (secondary N) is 2. The number of rotatable bonds is 7. The minimum Gasteiger partial charge on any atom is -0.326 e.